The second kappa shape index (κ2) is 5.76. The van der Waals surface area contributed by atoms with E-state index in [2.05, 4.69) is 16.4 Å². The van der Waals surface area contributed by atoms with Crippen molar-refractivity contribution in [2.75, 3.05) is 19.7 Å². The molecule has 2 heterocycles. The van der Waals surface area contributed by atoms with Crippen LogP contribution >= 0.6 is 0 Å². The van der Waals surface area contributed by atoms with Gasteiger partial charge in [-0.15, -0.1) is 0 Å². The zero-order valence-corrected chi connectivity index (χ0v) is 10.8. The highest BCUT2D eigenvalue weighted by molar-refractivity contribution is 5.11. The van der Waals surface area contributed by atoms with Crippen LogP contribution in [-0.4, -0.2) is 29.7 Å². The van der Waals surface area contributed by atoms with Crippen LogP contribution in [0.5, 0.6) is 0 Å². The van der Waals surface area contributed by atoms with Crippen molar-refractivity contribution in [1.29, 1.82) is 0 Å². The first kappa shape index (κ1) is 12.1. The van der Waals surface area contributed by atoms with E-state index in [9.17, 15) is 0 Å². The summed E-state index contributed by atoms with van der Waals surface area (Å²) >= 11 is 0. The van der Waals surface area contributed by atoms with Crippen molar-refractivity contribution in [2.24, 2.45) is 0 Å². The van der Waals surface area contributed by atoms with Gasteiger partial charge in [-0.05, 0) is 18.9 Å². The van der Waals surface area contributed by atoms with Crippen LogP contribution in [0.4, 0.5) is 0 Å². The maximum Gasteiger partial charge on any atom is 0.158 e. The Morgan fingerprint density at radius 1 is 1.22 bits per heavy atom. The second-order valence-electron chi connectivity index (χ2n) is 5.24. The zero-order valence-electron chi connectivity index (χ0n) is 10.8. The standard InChI is InChI=1S/C14H21N3O/c1-2-4-11(5-3-1)12-6-7-16-14(17-12)13-10-15-8-9-18-13/h6-7,11,13,15H,1-5,8-10H2. The van der Waals surface area contributed by atoms with Gasteiger partial charge >= 0.3 is 0 Å². The molecule has 1 aromatic heterocycles. The number of hydrogen-bond acceptors (Lipinski definition) is 4. The van der Waals surface area contributed by atoms with Gasteiger partial charge in [0, 0.05) is 30.9 Å². The summed E-state index contributed by atoms with van der Waals surface area (Å²) in [5.41, 5.74) is 1.22. The Hall–Kier alpha value is -1.00. The Balaban J connectivity index is 1.75. The molecule has 0 radical (unpaired) electrons. The highest BCUT2D eigenvalue weighted by atomic mass is 16.5. The third-order valence-corrected chi connectivity index (χ3v) is 3.93. The van der Waals surface area contributed by atoms with Crippen LogP contribution in [0, 0.1) is 0 Å². The van der Waals surface area contributed by atoms with E-state index in [1.54, 1.807) is 0 Å². The summed E-state index contributed by atoms with van der Waals surface area (Å²) in [5.74, 6) is 1.49. The summed E-state index contributed by atoms with van der Waals surface area (Å²) in [5, 5.41) is 3.33. The first-order chi connectivity index (χ1) is 8.93. The van der Waals surface area contributed by atoms with E-state index in [1.165, 1.54) is 37.8 Å². The number of nitrogens with zero attached hydrogens (tertiary/aromatic N) is 2. The lowest BCUT2D eigenvalue weighted by Crippen LogP contribution is -2.34. The van der Waals surface area contributed by atoms with Crippen molar-refractivity contribution >= 4 is 0 Å². The fourth-order valence-corrected chi connectivity index (χ4v) is 2.90. The maximum absolute atomic E-state index is 5.72. The van der Waals surface area contributed by atoms with Crippen LogP contribution in [0.2, 0.25) is 0 Å². The lowest BCUT2D eigenvalue weighted by molar-refractivity contribution is 0.0219. The summed E-state index contributed by atoms with van der Waals surface area (Å²) < 4.78 is 5.72. The minimum absolute atomic E-state index is 0.0299. The zero-order chi connectivity index (χ0) is 12.2. The molecule has 0 bridgehead atoms. The molecule has 1 unspecified atom stereocenters. The smallest absolute Gasteiger partial charge is 0.158 e. The third kappa shape index (κ3) is 2.70. The molecule has 1 aromatic rings. The summed E-state index contributed by atoms with van der Waals surface area (Å²) in [6.07, 6.45) is 8.54. The highest BCUT2D eigenvalue weighted by Gasteiger charge is 2.21. The lowest BCUT2D eigenvalue weighted by Gasteiger charge is -2.24. The largest absolute Gasteiger partial charge is 0.368 e. The number of ether oxygens (including phenoxy) is 1. The molecule has 1 aliphatic carbocycles. The molecule has 98 valence electrons. The van der Waals surface area contributed by atoms with Gasteiger partial charge in [0.1, 0.15) is 6.10 Å². The fourth-order valence-electron chi connectivity index (χ4n) is 2.90. The predicted molar refractivity (Wildman–Crippen MR) is 69.4 cm³/mol. The van der Waals surface area contributed by atoms with Crippen molar-refractivity contribution in [2.45, 2.75) is 44.1 Å². The van der Waals surface area contributed by atoms with Crippen LogP contribution in [0.3, 0.4) is 0 Å². The van der Waals surface area contributed by atoms with E-state index in [0.717, 1.165) is 25.5 Å². The highest BCUT2D eigenvalue weighted by Crippen LogP contribution is 2.31. The number of nitrogens with one attached hydrogen (secondary N) is 1. The third-order valence-electron chi connectivity index (χ3n) is 3.93. The Morgan fingerprint density at radius 2 is 2.11 bits per heavy atom. The van der Waals surface area contributed by atoms with Crippen molar-refractivity contribution < 1.29 is 4.74 Å². The Morgan fingerprint density at radius 3 is 2.89 bits per heavy atom. The van der Waals surface area contributed by atoms with Gasteiger partial charge in [0.25, 0.3) is 0 Å². The molecule has 4 nitrogen and oxygen atoms in total. The monoisotopic (exact) mass is 247 g/mol. The molecule has 2 fully saturated rings. The molecule has 0 aromatic carbocycles. The molecule has 18 heavy (non-hydrogen) atoms. The molecule has 2 aliphatic rings. The van der Waals surface area contributed by atoms with E-state index < -0.39 is 0 Å². The molecule has 0 amide bonds. The van der Waals surface area contributed by atoms with E-state index in [1.807, 2.05) is 6.20 Å². The lowest BCUT2D eigenvalue weighted by atomic mass is 9.87. The first-order valence-corrected chi connectivity index (χ1v) is 7.08. The topological polar surface area (TPSA) is 47.0 Å². The van der Waals surface area contributed by atoms with Gasteiger partial charge in [-0.1, -0.05) is 19.3 Å². The number of morpholine rings is 1. The summed E-state index contributed by atoms with van der Waals surface area (Å²) in [6.45, 7) is 2.51. The SMILES string of the molecule is c1cc(C2CCCCC2)nc(C2CNCCO2)n1. The summed E-state index contributed by atoms with van der Waals surface area (Å²) in [7, 11) is 0. The first-order valence-electron chi connectivity index (χ1n) is 7.08. The average molecular weight is 247 g/mol. The van der Waals surface area contributed by atoms with E-state index in [-0.39, 0.29) is 6.10 Å². The molecule has 1 aliphatic heterocycles. The maximum atomic E-state index is 5.72. The molecule has 0 spiro atoms. The van der Waals surface area contributed by atoms with Crippen LogP contribution in [-0.2, 0) is 4.74 Å². The molecule has 1 saturated carbocycles. The summed E-state index contributed by atoms with van der Waals surface area (Å²) in [4.78, 5) is 9.13. The Bertz CT molecular complexity index is 351. The number of hydrogen-bond donors (Lipinski definition) is 1. The minimum Gasteiger partial charge on any atom is -0.368 e. The normalized spacial score (nSPS) is 26.1. The number of aromatic nitrogens is 2. The van der Waals surface area contributed by atoms with Gasteiger partial charge in [0.2, 0.25) is 0 Å². The van der Waals surface area contributed by atoms with Gasteiger partial charge in [-0.3, -0.25) is 0 Å². The van der Waals surface area contributed by atoms with Crippen molar-refractivity contribution in [3.63, 3.8) is 0 Å². The summed E-state index contributed by atoms with van der Waals surface area (Å²) in [6, 6.07) is 2.08. The van der Waals surface area contributed by atoms with Gasteiger partial charge < -0.3 is 10.1 Å². The number of rotatable bonds is 2. The van der Waals surface area contributed by atoms with Crippen LogP contribution in [0.25, 0.3) is 0 Å². The Labute approximate surface area is 108 Å². The molecule has 1 atom stereocenters. The van der Waals surface area contributed by atoms with Crippen molar-refractivity contribution in [3.8, 4) is 0 Å². The van der Waals surface area contributed by atoms with Crippen molar-refractivity contribution in [1.82, 2.24) is 15.3 Å². The van der Waals surface area contributed by atoms with Gasteiger partial charge in [0.05, 0.1) is 6.61 Å². The van der Waals surface area contributed by atoms with E-state index in [4.69, 9.17) is 9.72 Å². The van der Waals surface area contributed by atoms with Crippen molar-refractivity contribution in [3.05, 3.63) is 23.8 Å². The average Bonchev–Trinajstić information content (AvgIpc) is 2.49. The van der Waals surface area contributed by atoms with Gasteiger partial charge in [-0.2, -0.15) is 0 Å². The Kier molecular flexibility index (Phi) is 3.86. The molecule has 3 rings (SSSR count). The van der Waals surface area contributed by atoms with Gasteiger partial charge in [-0.25, -0.2) is 9.97 Å². The van der Waals surface area contributed by atoms with E-state index in [0.29, 0.717) is 5.92 Å². The van der Waals surface area contributed by atoms with Gasteiger partial charge in [0.15, 0.2) is 5.82 Å². The molecular formula is C14H21N3O. The molecule has 4 heteroatoms. The predicted octanol–water partition coefficient (Wildman–Crippen LogP) is 2.19. The quantitative estimate of drug-likeness (QED) is 0.870. The van der Waals surface area contributed by atoms with E-state index >= 15 is 0 Å². The van der Waals surface area contributed by atoms with Crippen LogP contribution in [0.15, 0.2) is 12.3 Å². The molecule has 1 saturated heterocycles. The minimum atomic E-state index is 0.0299. The second-order valence-corrected chi connectivity index (χ2v) is 5.24. The fraction of sp³-hybridized carbons (Fsp3) is 0.714. The molecule has 1 N–H and O–H groups in total. The van der Waals surface area contributed by atoms with Crippen LogP contribution < -0.4 is 5.32 Å². The van der Waals surface area contributed by atoms with Crippen LogP contribution in [0.1, 0.15) is 55.6 Å². The molecular weight excluding hydrogens is 226 g/mol.